The van der Waals surface area contributed by atoms with Gasteiger partial charge in [0.1, 0.15) is 0 Å². The average Bonchev–Trinajstić information content (AvgIpc) is 1.75. The molecule has 92 valence electrons. The zero-order chi connectivity index (χ0) is 12.5. The van der Waals surface area contributed by atoms with E-state index in [1.54, 1.807) is 0 Å². The molecule has 0 aliphatic carbocycles. The van der Waals surface area contributed by atoms with E-state index in [2.05, 4.69) is 9.05 Å². The summed E-state index contributed by atoms with van der Waals surface area (Å²) in [6.45, 7) is 0. The van der Waals surface area contributed by atoms with Crippen molar-refractivity contribution in [3.05, 3.63) is 0 Å². The third kappa shape index (κ3) is 7.90. The van der Waals surface area contributed by atoms with E-state index >= 15 is 0 Å². The van der Waals surface area contributed by atoms with Crippen LogP contribution in [0.5, 0.6) is 0 Å². The van der Waals surface area contributed by atoms with Crippen LogP contribution in [-0.4, -0.2) is 29.7 Å². The Kier molecular flexibility index (Phi) is 5.54. The van der Waals surface area contributed by atoms with Crippen LogP contribution < -0.4 is 0 Å². The van der Waals surface area contributed by atoms with Gasteiger partial charge in [0, 0.05) is 0 Å². The Balaban J connectivity index is 4.60. The summed E-state index contributed by atoms with van der Waals surface area (Å²) in [6, 6.07) is 0. The lowest BCUT2D eigenvalue weighted by atomic mass is 10.8. The van der Waals surface area contributed by atoms with Crippen molar-refractivity contribution >= 4 is 50.4 Å². The maximum atomic E-state index is 10.3. The molecule has 0 aromatic heterocycles. The van der Waals surface area contributed by atoms with Crippen LogP contribution in [0.15, 0.2) is 0 Å². The molecule has 0 fully saturated rings. The summed E-state index contributed by atoms with van der Waals surface area (Å²) in [7, 11) is -10.1. The van der Waals surface area contributed by atoms with Crippen molar-refractivity contribution < 1.29 is 37.8 Å². The number of hydrogen-bond donors (Lipinski definition) is 4. The van der Waals surface area contributed by atoms with Crippen LogP contribution in [-0.2, 0) is 18.2 Å². The van der Waals surface area contributed by atoms with Gasteiger partial charge in [-0.3, -0.25) is 4.52 Å². The fourth-order valence-electron chi connectivity index (χ4n) is 0.382. The Labute approximate surface area is 98.5 Å². The lowest BCUT2D eigenvalue weighted by Crippen LogP contribution is -2.30. The maximum absolute atomic E-state index is 10.3. The number of phosphoric ester groups is 2. The van der Waals surface area contributed by atoms with Crippen LogP contribution in [0.2, 0.25) is 0 Å². The van der Waals surface area contributed by atoms with E-state index in [0.717, 1.165) is 0 Å². The molecule has 4 N–H and O–H groups in total. The fraction of sp³-hybridized carbons (Fsp3) is 1.00. The van der Waals surface area contributed by atoms with Crippen molar-refractivity contribution in [1.29, 1.82) is 0 Å². The molecular formula is C2H5Cl3O8P2. The van der Waals surface area contributed by atoms with Gasteiger partial charge in [0.05, 0.1) is 0 Å². The van der Waals surface area contributed by atoms with Gasteiger partial charge in [-0.15, -0.1) is 0 Å². The summed E-state index contributed by atoms with van der Waals surface area (Å²) in [4.78, 5) is 33.2. The van der Waals surface area contributed by atoms with Gasteiger partial charge in [-0.05, 0) is 0 Å². The molecule has 1 atom stereocenters. The molecule has 8 nitrogen and oxygen atoms in total. The monoisotopic (exact) mass is 324 g/mol. The first kappa shape index (κ1) is 16.1. The van der Waals surface area contributed by atoms with Crippen molar-refractivity contribution in [1.82, 2.24) is 0 Å². The van der Waals surface area contributed by atoms with Crippen LogP contribution in [0, 0.1) is 0 Å². The van der Waals surface area contributed by atoms with Crippen molar-refractivity contribution in [3.8, 4) is 0 Å². The number of hydrogen-bond acceptors (Lipinski definition) is 4. The second-order valence-corrected chi connectivity index (χ2v) is 6.12. The first-order chi connectivity index (χ1) is 6.33. The summed E-state index contributed by atoms with van der Waals surface area (Å²) >= 11 is 15.4. The maximum Gasteiger partial charge on any atom is 0.472 e. The van der Waals surface area contributed by atoms with Gasteiger partial charge in [-0.1, -0.05) is 34.8 Å². The van der Waals surface area contributed by atoms with E-state index in [-0.39, 0.29) is 0 Å². The highest BCUT2D eigenvalue weighted by Crippen LogP contribution is 2.51. The van der Waals surface area contributed by atoms with Gasteiger partial charge in [0.15, 0.2) is 0 Å². The minimum atomic E-state index is -5.09. The third-order valence-electron chi connectivity index (χ3n) is 0.735. The first-order valence-electron chi connectivity index (χ1n) is 2.85. The lowest BCUT2D eigenvalue weighted by Gasteiger charge is -2.24. The van der Waals surface area contributed by atoms with Crippen LogP contribution in [0.4, 0.5) is 0 Å². The Morgan fingerprint density at radius 3 is 1.73 bits per heavy atom. The minimum Gasteiger partial charge on any atom is -0.303 e. The predicted octanol–water partition coefficient (Wildman–Crippen LogP) is 0.901. The van der Waals surface area contributed by atoms with Crippen LogP contribution in [0.3, 0.4) is 0 Å². The summed E-state index contributed by atoms with van der Waals surface area (Å²) in [5.41, 5.74) is -2.19. The largest absolute Gasteiger partial charge is 0.472 e. The molecule has 0 heterocycles. The molecule has 13 heteroatoms. The molecule has 0 saturated heterocycles. The van der Waals surface area contributed by atoms with Crippen molar-refractivity contribution in [3.63, 3.8) is 0 Å². The Bertz CT molecular complexity index is 305. The van der Waals surface area contributed by atoms with Crippen molar-refractivity contribution in [2.45, 2.75) is 10.1 Å². The summed E-state index contributed by atoms with van der Waals surface area (Å²) < 4.78 is 25.2. The molecule has 0 aliphatic heterocycles. The fourth-order valence-corrected chi connectivity index (χ4v) is 2.36. The highest BCUT2D eigenvalue weighted by Gasteiger charge is 2.44. The summed E-state index contributed by atoms with van der Waals surface area (Å²) in [5.74, 6) is 0. The second kappa shape index (κ2) is 5.16. The number of phosphoric acid groups is 2. The van der Waals surface area contributed by atoms with E-state index in [4.69, 9.17) is 54.4 Å². The molecule has 0 bridgehead atoms. The Morgan fingerprint density at radius 1 is 1.07 bits per heavy atom. The van der Waals surface area contributed by atoms with Crippen molar-refractivity contribution in [2.75, 3.05) is 0 Å². The molecular weight excluding hydrogens is 320 g/mol. The van der Waals surface area contributed by atoms with E-state index < -0.39 is 25.7 Å². The van der Waals surface area contributed by atoms with E-state index in [9.17, 15) is 9.13 Å². The van der Waals surface area contributed by atoms with Crippen LogP contribution >= 0.6 is 50.4 Å². The summed E-state index contributed by atoms with van der Waals surface area (Å²) in [6.07, 6.45) is 0. The normalized spacial score (nSPS) is 16.5. The topological polar surface area (TPSA) is 134 Å². The Morgan fingerprint density at radius 2 is 1.47 bits per heavy atom. The number of rotatable bonds is 5. The lowest BCUT2D eigenvalue weighted by molar-refractivity contribution is 0.0728. The minimum absolute atomic E-state index is 2.19. The molecule has 0 aromatic rings. The standard InChI is InChI=1S/C2H5Cl3O8P2/c3-1(12-14(6,7)8)2(4,5)13-15(9,10)11/h1H,(H2,6,7,8)(H2,9,10,11). The first-order valence-corrected chi connectivity index (χ1v) is 7.11. The predicted molar refractivity (Wildman–Crippen MR) is 50.3 cm³/mol. The average molecular weight is 325 g/mol. The molecule has 0 rings (SSSR count). The number of alkyl halides is 3. The molecule has 0 aliphatic rings. The molecule has 15 heavy (non-hydrogen) atoms. The van der Waals surface area contributed by atoms with E-state index in [1.807, 2.05) is 0 Å². The second-order valence-electron chi connectivity index (χ2n) is 2.06. The zero-order valence-corrected chi connectivity index (χ0v) is 10.6. The molecule has 0 spiro atoms. The van der Waals surface area contributed by atoms with E-state index in [1.165, 1.54) is 0 Å². The van der Waals surface area contributed by atoms with E-state index in [0.29, 0.717) is 0 Å². The highest BCUT2D eigenvalue weighted by molar-refractivity contribution is 7.46. The van der Waals surface area contributed by atoms with Gasteiger partial charge < -0.3 is 19.6 Å². The van der Waals surface area contributed by atoms with Crippen LogP contribution in [0.25, 0.3) is 0 Å². The van der Waals surface area contributed by atoms with Gasteiger partial charge in [-0.25, -0.2) is 13.7 Å². The summed E-state index contributed by atoms with van der Waals surface area (Å²) in [5, 5.41) is 0. The Hall–Kier alpha value is 1.09. The molecule has 1 unspecified atom stereocenters. The smallest absolute Gasteiger partial charge is 0.303 e. The van der Waals surface area contributed by atoms with Crippen molar-refractivity contribution in [2.24, 2.45) is 0 Å². The number of halogens is 3. The third-order valence-corrected chi connectivity index (χ3v) is 3.26. The molecule has 0 amide bonds. The molecule has 0 saturated carbocycles. The van der Waals surface area contributed by atoms with Gasteiger partial charge in [0.2, 0.25) is 5.56 Å². The molecule has 0 radical (unpaired) electrons. The quantitative estimate of drug-likeness (QED) is 0.433. The molecule has 0 aromatic carbocycles. The van der Waals surface area contributed by atoms with Gasteiger partial charge in [0.25, 0.3) is 4.52 Å². The van der Waals surface area contributed by atoms with Crippen LogP contribution in [0.1, 0.15) is 0 Å². The van der Waals surface area contributed by atoms with Gasteiger partial charge >= 0.3 is 15.6 Å². The van der Waals surface area contributed by atoms with Gasteiger partial charge in [-0.2, -0.15) is 0 Å². The SMILES string of the molecule is O=P(O)(O)OC(Cl)C(Cl)(Cl)OP(=O)(O)O. The zero-order valence-electron chi connectivity index (χ0n) is 6.53. The highest BCUT2D eigenvalue weighted by atomic mass is 35.5.